The van der Waals surface area contributed by atoms with E-state index in [2.05, 4.69) is 4.72 Å². The summed E-state index contributed by atoms with van der Waals surface area (Å²) in [5.41, 5.74) is 0.717. The molecule has 2 aromatic rings. The number of hydrogen-bond acceptors (Lipinski definition) is 3. The number of rotatable bonds is 5. The number of carbonyl (C=O) groups is 1. The molecule has 0 saturated carbocycles. The topological polar surface area (TPSA) is 66.5 Å². The maximum atomic E-state index is 13.7. The van der Waals surface area contributed by atoms with E-state index >= 15 is 0 Å². The first kappa shape index (κ1) is 17.8. The highest BCUT2D eigenvalue weighted by molar-refractivity contribution is 7.89. The number of nitrogens with one attached hydrogen (secondary N) is 1. The van der Waals surface area contributed by atoms with Crippen molar-refractivity contribution in [3.05, 3.63) is 59.4 Å². The number of amides is 1. The van der Waals surface area contributed by atoms with Crippen LogP contribution >= 0.6 is 11.6 Å². The van der Waals surface area contributed by atoms with Crippen LogP contribution in [0.3, 0.4) is 0 Å². The van der Waals surface area contributed by atoms with E-state index < -0.39 is 20.7 Å². The molecule has 1 amide bonds. The summed E-state index contributed by atoms with van der Waals surface area (Å²) in [6, 6.07) is 12.1. The van der Waals surface area contributed by atoms with Crippen LogP contribution in [0.5, 0.6) is 0 Å². The number of benzene rings is 2. The second-order valence-corrected chi connectivity index (χ2v) is 8.01. The summed E-state index contributed by atoms with van der Waals surface area (Å²) in [4.78, 5) is 13.4. The second kappa shape index (κ2) is 7.11. The molecule has 1 fully saturated rings. The third-order valence-corrected chi connectivity index (χ3v) is 5.74. The lowest BCUT2D eigenvalue weighted by molar-refractivity contribution is -0.117. The molecule has 1 atom stereocenters. The first-order chi connectivity index (χ1) is 11.9. The van der Waals surface area contributed by atoms with Gasteiger partial charge >= 0.3 is 0 Å². The molecule has 1 aliphatic rings. The molecule has 3 rings (SSSR count). The Bertz CT molecular complexity index is 887. The molecule has 0 bridgehead atoms. The fourth-order valence-electron chi connectivity index (χ4n) is 2.76. The van der Waals surface area contributed by atoms with Gasteiger partial charge in [-0.15, -0.1) is 0 Å². The minimum Gasteiger partial charge on any atom is -0.312 e. The van der Waals surface area contributed by atoms with Crippen LogP contribution in [0.1, 0.15) is 6.42 Å². The maximum absolute atomic E-state index is 13.7. The van der Waals surface area contributed by atoms with Crippen molar-refractivity contribution >= 4 is 33.2 Å². The molecule has 2 aromatic carbocycles. The highest BCUT2D eigenvalue weighted by Crippen LogP contribution is 2.26. The van der Waals surface area contributed by atoms with Crippen LogP contribution in [0.15, 0.2) is 53.4 Å². The van der Waals surface area contributed by atoms with E-state index in [1.165, 1.54) is 18.2 Å². The normalized spacial score (nSPS) is 17.9. The molecule has 0 spiro atoms. The van der Waals surface area contributed by atoms with E-state index in [0.717, 1.165) is 6.07 Å². The molecule has 1 saturated heterocycles. The largest absolute Gasteiger partial charge is 0.312 e. The van der Waals surface area contributed by atoms with Crippen molar-refractivity contribution in [1.82, 2.24) is 4.72 Å². The Morgan fingerprint density at radius 1 is 1.16 bits per heavy atom. The fraction of sp³-hybridized carbons (Fsp3) is 0.235. The molecule has 0 aromatic heterocycles. The van der Waals surface area contributed by atoms with Crippen LogP contribution in [0, 0.1) is 11.7 Å². The minimum absolute atomic E-state index is 0.0620. The molecule has 1 unspecified atom stereocenters. The molecule has 25 heavy (non-hydrogen) atoms. The molecule has 1 N–H and O–H groups in total. The van der Waals surface area contributed by atoms with Crippen molar-refractivity contribution < 1.29 is 17.6 Å². The molecule has 132 valence electrons. The Balaban J connectivity index is 1.66. The van der Waals surface area contributed by atoms with Crippen molar-refractivity contribution in [1.29, 1.82) is 0 Å². The van der Waals surface area contributed by atoms with Gasteiger partial charge in [0.15, 0.2) is 0 Å². The summed E-state index contributed by atoms with van der Waals surface area (Å²) in [6.45, 7) is 0.451. The second-order valence-electron chi connectivity index (χ2n) is 5.83. The first-order valence-electron chi connectivity index (χ1n) is 7.67. The molecule has 8 heteroatoms. The monoisotopic (exact) mass is 382 g/mol. The molecule has 5 nitrogen and oxygen atoms in total. The van der Waals surface area contributed by atoms with Crippen molar-refractivity contribution in [2.45, 2.75) is 11.3 Å². The lowest BCUT2D eigenvalue weighted by Gasteiger charge is -2.17. The van der Waals surface area contributed by atoms with Gasteiger partial charge in [0.1, 0.15) is 10.7 Å². The lowest BCUT2D eigenvalue weighted by Crippen LogP contribution is -2.31. The summed E-state index contributed by atoms with van der Waals surface area (Å²) in [5, 5.41) is 0.574. The van der Waals surface area contributed by atoms with Gasteiger partial charge in [-0.3, -0.25) is 4.79 Å². The SMILES string of the molecule is O=C1CC(CNS(=O)(=O)c2ccccc2F)CN1c1ccc(Cl)cc1. The van der Waals surface area contributed by atoms with Gasteiger partial charge in [-0.2, -0.15) is 0 Å². The molecule has 1 aliphatic heterocycles. The van der Waals surface area contributed by atoms with Crippen LogP contribution in [0.4, 0.5) is 10.1 Å². The van der Waals surface area contributed by atoms with E-state index in [0.29, 0.717) is 17.3 Å². The van der Waals surface area contributed by atoms with Crippen LogP contribution in [0.25, 0.3) is 0 Å². The average Bonchev–Trinajstić information content (AvgIpc) is 2.95. The molecule has 0 radical (unpaired) electrons. The maximum Gasteiger partial charge on any atom is 0.243 e. The van der Waals surface area contributed by atoms with Crippen LogP contribution in [-0.2, 0) is 14.8 Å². The van der Waals surface area contributed by atoms with Crippen LogP contribution in [0.2, 0.25) is 5.02 Å². The summed E-state index contributed by atoms with van der Waals surface area (Å²) in [6.07, 6.45) is 0.225. The Morgan fingerprint density at radius 2 is 1.84 bits per heavy atom. The van der Waals surface area contributed by atoms with Crippen molar-refractivity contribution in [3.8, 4) is 0 Å². The summed E-state index contributed by atoms with van der Waals surface area (Å²) in [5.74, 6) is -1.08. The van der Waals surface area contributed by atoms with Crippen LogP contribution < -0.4 is 9.62 Å². The zero-order chi connectivity index (χ0) is 18.0. The van der Waals surface area contributed by atoms with E-state index in [-0.39, 0.29) is 24.8 Å². The van der Waals surface area contributed by atoms with E-state index in [1.54, 1.807) is 29.2 Å². The first-order valence-corrected chi connectivity index (χ1v) is 9.53. The number of hydrogen-bond donors (Lipinski definition) is 1. The molecular weight excluding hydrogens is 367 g/mol. The van der Waals surface area contributed by atoms with E-state index in [4.69, 9.17) is 11.6 Å². The highest BCUT2D eigenvalue weighted by Gasteiger charge is 2.31. The summed E-state index contributed by atoms with van der Waals surface area (Å²) >= 11 is 5.84. The van der Waals surface area contributed by atoms with Crippen molar-refractivity contribution in [2.75, 3.05) is 18.0 Å². The average molecular weight is 383 g/mol. The number of halogens is 2. The Hall–Kier alpha value is -1.96. The van der Waals surface area contributed by atoms with Gasteiger partial charge < -0.3 is 4.90 Å². The zero-order valence-electron chi connectivity index (χ0n) is 13.2. The Kier molecular flexibility index (Phi) is 5.08. The third kappa shape index (κ3) is 4.00. The van der Waals surface area contributed by atoms with Crippen molar-refractivity contribution in [3.63, 3.8) is 0 Å². The minimum atomic E-state index is -3.96. The van der Waals surface area contributed by atoms with Gasteiger partial charge in [-0.25, -0.2) is 17.5 Å². The number of sulfonamides is 1. The lowest BCUT2D eigenvalue weighted by atomic mass is 10.1. The van der Waals surface area contributed by atoms with E-state index in [9.17, 15) is 17.6 Å². The number of nitrogens with zero attached hydrogens (tertiary/aromatic N) is 1. The molecular formula is C17H16ClFN2O3S. The van der Waals surface area contributed by atoms with Gasteiger partial charge in [0, 0.05) is 30.2 Å². The third-order valence-electron chi connectivity index (χ3n) is 4.03. The molecule has 0 aliphatic carbocycles. The van der Waals surface area contributed by atoms with E-state index in [1.807, 2.05) is 0 Å². The van der Waals surface area contributed by atoms with Gasteiger partial charge in [-0.05, 0) is 42.3 Å². The fourth-order valence-corrected chi connectivity index (χ4v) is 4.08. The van der Waals surface area contributed by atoms with Gasteiger partial charge in [0.25, 0.3) is 0 Å². The Morgan fingerprint density at radius 3 is 2.52 bits per heavy atom. The molecule has 1 heterocycles. The quantitative estimate of drug-likeness (QED) is 0.864. The summed E-state index contributed by atoms with van der Waals surface area (Å²) in [7, 11) is -3.96. The zero-order valence-corrected chi connectivity index (χ0v) is 14.7. The predicted octanol–water partition coefficient (Wildman–Crippen LogP) is 2.81. The van der Waals surface area contributed by atoms with Gasteiger partial charge in [-0.1, -0.05) is 23.7 Å². The highest BCUT2D eigenvalue weighted by atomic mass is 35.5. The standard InChI is InChI=1S/C17H16ClFN2O3S/c18-13-5-7-14(8-6-13)21-11-12(9-17(21)22)10-20-25(23,24)16-4-2-1-3-15(16)19/h1-8,12,20H,9-11H2. The number of carbonyl (C=O) groups excluding carboxylic acids is 1. The summed E-state index contributed by atoms with van der Waals surface area (Å²) < 4.78 is 40.5. The van der Waals surface area contributed by atoms with Crippen LogP contribution in [-0.4, -0.2) is 27.4 Å². The Labute approximate surface area is 150 Å². The van der Waals surface area contributed by atoms with Gasteiger partial charge in [0.2, 0.25) is 15.9 Å². The van der Waals surface area contributed by atoms with Crippen molar-refractivity contribution in [2.24, 2.45) is 5.92 Å². The predicted molar refractivity (Wildman–Crippen MR) is 93.5 cm³/mol. The smallest absolute Gasteiger partial charge is 0.243 e. The number of anilines is 1. The van der Waals surface area contributed by atoms with Gasteiger partial charge in [0.05, 0.1) is 0 Å².